The molecule has 25 heavy (non-hydrogen) atoms. The molecule has 1 aromatic heterocycles. The van der Waals surface area contributed by atoms with Crippen LogP contribution in [0.1, 0.15) is 11.4 Å². The Morgan fingerprint density at radius 3 is 2.88 bits per heavy atom. The van der Waals surface area contributed by atoms with Gasteiger partial charge >= 0.3 is 0 Å². The van der Waals surface area contributed by atoms with E-state index >= 15 is 0 Å². The van der Waals surface area contributed by atoms with Crippen LogP contribution in [0.5, 0.6) is 11.5 Å². The molecule has 0 aliphatic carbocycles. The van der Waals surface area contributed by atoms with Gasteiger partial charge in [-0.25, -0.2) is 4.98 Å². The van der Waals surface area contributed by atoms with Crippen molar-refractivity contribution in [1.82, 2.24) is 9.97 Å². The van der Waals surface area contributed by atoms with E-state index in [1.165, 1.54) is 0 Å². The molecule has 126 valence electrons. The Hall–Kier alpha value is -2.50. The predicted molar refractivity (Wildman–Crippen MR) is 98.5 cm³/mol. The van der Waals surface area contributed by atoms with E-state index in [0.717, 1.165) is 5.56 Å². The molecule has 1 aliphatic rings. The number of aromatic amines is 1. The molecule has 2 aromatic carbocycles. The van der Waals surface area contributed by atoms with Crippen molar-refractivity contribution in [2.75, 3.05) is 13.2 Å². The molecule has 0 atom stereocenters. The lowest BCUT2D eigenvalue weighted by Gasteiger charge is -2.19. The van der Waals surface area contributed by atoms with Crippen LogP contribution < -0.4 is 15.0 Å². The minimum Gasteiger partial charge on any atom is -0.486 e. The van der Waals surface area contributed by atoms with Crippen LogP contribution in [0, 0.1) is 0 Å². The molecular formula is C18H12Cl2N2O3. The summed E-state index contributed by atoms with van der Waals surface area (Å²) in [6.45, 7) is 0.925. The van der Waals surface area contributed by atoms with Gasteiger partial charge in [0.25, 0.3) is 5.56 Å². The van der Waals surface area contributed by atoms with E-state index in [2.05, 4.69) is 9.97 Å². The van der Waals surface area contributed by atoms with E-state index in [1.54, 1.807) is 36.4 Å². The molecule has 0 unspecified atom stereocenters. The van der Waals surface area contributed by atoms with Crippen molar-refractivity contribution in [1.29, 1.82) is 0 Å². The zero-order chi connectivity index (χ0) is 17.4. The van der Waals surface area contributed by atoms with Crippen LogP contribution in [0.15, 0.2) is 41.2 Å². The van der Waals surface area contributed by atoms with Crippen molar-refractivity contribution < 1.29 is 9.47 Å². The first kappa shape index (κ1) is 16.0. The second kappa shape index (κ2) is 6.43. The van der Waals surface area contributed by atoms with E-state index < -0.39 is 0 Å². The van der Waals surface area contributed by atoms with Crippen LogP contribution in [0.25, 0.3) is 22.0 Å². The Morgan fingerprint density at radius 1 is 1.20 bits per heavy atom. The summed E-state index contributed by atoms with van der Waals surface area (Å²) in [5, 5.41) is 1.24. The summed E-state index contributed by atoms with van der Waals surface area (Å²) in [6.07, 6.45) is 1.67. The summed E-state index contributed by atoms with van der Waals surface area (Å²) in [7, 11) is 0. The van der Waals surface area contributed by atoms with Crippen LogP contribution in [0.4, 0.5) is 0 Å². The number of ether oxygens (including phenoxy) is 2. The lowest BCUT2D eigenvalue weighted by atomic mass is 10.1. The minimum atomic E-state index is -0.243. The Balaban J connectivity index is 1.77. The normalized spacial score (nSPS) is 13.9. The molecule has 0 amide bonds. The fourth-order valence-corrected chi connectivity index (χ4v) is 3.12. The number of H-pyrrole nitrogens is 1. The van der Waals surface area contributed by atoms with Crippen molar-refractivity contribution in [3.05, 3.63) is 63.2 Å². The first-order chi connectivity index (χ1) is 12.1. The van der Waals surface area contributed by atoms with E-state index in [4.69, 9.17) is 32.7 Å². The molecule has 0 spiro atoms. The van der Waals surface area contributed by atoms with Crippen molar-refractivity contribution in [3.63, 3.8) is 0 Å². The second-order valence-corrected chi connectivity index (χ2v) is 6.27. The molecule has 3 aromatic rings. The van der Waals surface area contributed by atoms with Gasteiger partial charge in [-0.3, -0.25) is 4.79 Å². The summed E-state index contributed by atoms with van der Waals surface area (Å²) in [6, 6.07) is 10.6. The van der Waals surface area contributed by atoms with Crippen LogP contribution >= 0.6 is 23.2 Å². The van der Waals surface area contributed by atoms with E-state index in [-0.39, 0.29) is 16.4 Å². The number of halogens is 2. The molecule has 0 bridgehead atoms. The maximum Gasteiger partial charge on any atom is 0.259 e. The lowest BCUT2D eigenvalue weighted by Crippen LogP contribution is -2.15. The zero-order valence-corrected chi connectivity index (χ0v) is 14.4. The SMILES string of the molecule is O=c1[nH]c(/C(Cl)=C/c2cc(Cl)c3c(c2)OCCO3)nc2ccccc12. The van der Waals surface area contributed by atoms with Crippen LogP contribution in [-0.4, -0.2) is 23.2 Å². The maximum absolute atomic E-state index is 12.2. The van der Waals surface area contributed by atoms with E-state index in [0.29, 0.717) is 40.6 Å². The second-order valence-electron chi connectivity index (χ2n) is 5.45. The molecule has 0 saturated heterocycles. The van der Waals surface area contributed by atoms with Crippen molar-refractivity contribution in [2.45, 2.75) is 0 Å². The minimum absolute atomic E-state index is 0.243. The molecule has 1 aliphatic heterocycles. The zero-order valence-electron chi connectivity index (χ0n) is 12.9. The highest BCUT2D eigenvalue weighted by Crippen LogP contribution is 2.39. The molecule has 4 rings (SSSR count). The van der Waals surface area contributed by atoms with Crippen molar-refractivity contribution in [3.8, 4) is 11.5 Å². The first-order valence-electron chi connectivity index (χ1n) is 7.57. The largest absolute Gasteiger partial charge is 0.486 e. The van der Waals surface area contributed by atoms with Gasteiger partial charge in [-0.15, -0.1) is 0 Å². The first-order valence-corrected chi connectivity index (χ1v) is 8.33. The van der Waals surface area contributed by atoms with Gasteiger partial charge in [0, 0.05) is 0 Å². The summed E-state index contributed by atoms with van der Waals surface area (Å²) in [5.41, 5.74) is 1.05. The number of para-hydroxylation sites is 1. The maximum atomic E-state index is 12.2. The summed E-state index contributed by atoms with van der Waals surface area (Å²) >= 11 is 12.6. The summed E-state index contributed by atoms with van der Waals surface area (Å²) in [5.74, 6) is 1.38. The number of rotatable bonds is 2. The monoisotopic (exact) mass is 374 g/mol. The Kier molecular flexibility index (Phi) is 4.11. The van der Waals surface area contributed by atoms with Gasteiger partial charge in [-0.2, -0.15) is 0 Å². The molecule has 1 N–H and O–H groups in total. The number of hydrogen-bond acceptors (Lipinski definition) is 4. The Morgan fingerprint density at radius 2 is 2.00 bits per heavy atom. The number of aromatic nitrogens is 2. The molecule has 0 fully saturated rings. The third kappa shape index (κ3) is 3.08. The van der Waals surface area contributed by atoms with Crippen LogP contribution in [-0.2, 0) is 0 Å². The molecule has 0 radical (unpaired) electrons. The van der Waals surface area contributed by atoms with Crippen molar-refractivity contribution >= 4 is 45.2 Å². The fraction of sp³-hybridized carbons (Fsp3) is 0.111. The quantitative estimate of drug-likeness (QED) is 0.733. The number of hydrogen-bond donors (Lipinski definition) is 1. The van der Waals surface area contributed by atoms with Crippen molar-refractivity contribution in [2.24, 2.45) is 0 Å². The lowest BCUT2D eigenvalue weighted by molar-refractivity contribution is 0.171. The van der Waals surface area contributed by atoms with Gasteiger partial charge in [0.2, 0.25) is 0 Å². The fourth-order valence-electron chi connectivity index (χ4n) is 2.63. The van der Waals surface area contributed by atoms with Gasteiger partial charge in [0.15, 0.2) is 17.3 Å². The Labute approximate surface area is 152 Å². The Bertz CT molecular complexity index is 1060. The highest BCUT2D eigenvalue weighted by atomic mass is 35.5. The van der Waals surface area contributed by atoms with Gasteiger partial charge in [0.1, 0.15) is 13.2 Å². The van der Waals surface area contributed by atoms with Crippen LogP contribution in [0.3, 0.4) is 0 Å². The van der Waals surface area contributed by atoms with Gasteiger partial charge in [0.05, 0.1) is 21.0 Å². The third-order valence-electron chi connectivity index (χ3n) is 3.75. The third-order valence-corrected chi connectivity index (χ3v) is 4.32. The summed E-state index contributed by atoms with van der Waals surface area (Å²) < 4.78 is 11.0. The highest BCUT2D eigenvalue weighted by molar-refractivity contribution is 6.50. The van der Waals surface area contributed by atoms with E-state index in [9.17, 15) is 4.79 Å². The molecule has 5 nitrogen and oxygen atoms in total. The average Bonchev–Trinajstić information content (AvgIpc) is 2.62. The van der Waals surface area contributed by atoms with Gasteiger partial charge in [-0.1, -0.05) is 35.3 Å². The van der Waals surface area contributed by atoms with E-state index in [1.807, 2.05) is 6.07 Å². The molecule has 2 heterocycles. The van der Waals surface area contributed by atoms with Crippen LogP contribution in [0.2, 0.25) is 5.02 Å². The average molecular weight is 375 g/mol. The number of fused-ring (bicyclic) bond motifs is 2. The smallest absolute Gasteiger partial charge is 0.259 e. The standard InChI is InChI=1S/C18H12Cl2N2O3/c19-12-7-10(9-15-16(12)25-6-5-24-15)8-13(20)17-21-14-4-2-1-3-11(14)18(23)22-17/h1-4,7-9H,5-6H2,(H,21,22,23)/b13-8-. The molecular weight excluding hydrogens is 363 g/mol. The highest BCUT2D eigenvalue weighted by Gasteiger charge is 2.16. The number of nitrogens with one attached hydrogen (secondary N) is 1. The van der Waals surface area contributed by atoms with Gasteiger partial charge in [-0.05, 0) is 35.9 Å². The topological polar surface area (TPSA) is 64.2 Å². The molecule has 0 saturated carbocycles. The number of benzene rings is 2. The predicted octanol–water partition coefficient (Wildman–Crippen LogP) is 4.08. The summed E-state index contributed by atoms with van der Waals surface area (Å²) in [4.78, 5) is 19.3. The number of nitrogens with zero attached hydrogens (tertiary/aromatic N) is 1. The molecule has 7 heteroatoms. The van der Waals surface area contributed by atoms with Gasteiger partial charge < -0.3 is 14.5 Å².